The number of amides is 2. The molecule has 1 aromatic carbocycles. The Bertz CT molecular complexity index is 814. The maximum Gasteiger partial charge on any atom is 0.412 e. The summed E-state index contributed by atoms with van der Waals surface area (Å²) in [5.41, 5.74) is 1.28. The first-order valence-corrected chi connectivity index (χ1v) is 9.73. The highest BCUT2D eigenvalue weighted by Crippen LogP contribution is 2.16. The number of anilines is 1. The smallest absolute Gasteiger partial charge is 0.412 e. The molecule has 0 spiro atoms. The Balaban J connectivity index is 1.91. The second-order valence-corrected chi connectivity index (χ2v) is 7.56. The molecule has 0 aliphatic rings. The molecule has 0 unspecified atom stereocenters. The van der Waals surface area contributed by atoms with Crippen molar-refractivity contribution in [3.8, 4) is 5.88 Å². The zero-order valence-electron chi connectivity index (χ0n) is 17.5. The quantitative estimate of drug-likeness (QED) is 0.636. The van der Waals surface area contributed by atoms with E-state index in [1.54, 1.807) is 51.2 Å². The first-order chi connectivity index (χ1) is 13.8. The van der Waals surface area contributed by atoms with Crippen molar-refractivity contribution in [1.29, 1.82) is 0 Å². The monoisotopic (exact) mass is 399 g/mol. The third kappa shape index (κ3) is 7.81. The maximum atomic E-state index is 12.4. The second kappa shape index (κ2) is 10.5. The molecule has 7 heteroatoms. The summed E-state index contributed by atoms with van der Waals surface area (Å²) in [6.45, 7) is 8.39. The molecule has 2 amide bonds. The van der Waals surface area contributed by atoms with E-state index in [4.69, 9.17) is 9.47 Å². The number of carbonyl (C=O) groups is 2. The number of rotatable bonds is 8. The minimum Gasteiger partial charge on any atom is -0.477 e. The largest absolute Gasteiger partial charge is 0.477 e. The summed E-state index contributed by atoms with van der Waals surface area (Å²) in [6, 6.07) is 10.3. The zero-order valence-corrected chi connectivity index (χ0v) is 17.5. The van der Waals surface area contributed by atoms with Crippen LogP contribution in [0.5, 0.6) is 5.88 Å². The molecule has 7 nitrogen and oxygen atoms in total. The van der Waals surface area contributed by atoms with E-state index < -0.39 is 11.7 Å². The van der Waals surface area contributed by atoms with Gasteiger partial charge in [-0.05, 0) is 57.5 Å². The molecule has 0 aliphatic carbocycles. The molecular weight excluding hydrogens is 370 g/mol. The van der Waals surface area contributed by atoms with Crippen LogP contribution >= 0.6 is 0 Å². The Morgan fingerprint density at radius 1 is 1.10 bits per heavy atom. The first-order valence-electron chi connectivity index (χ1n) is 9.73. The highest BCUT2D eigenvalue weighted by Gasteiger charge is 2.16. The highest BCUT2D eigenvalue weighted by atomic mass is 16.6. The average molecular weight is 399 g/mol. The number of hydrogen-bond donors (Lipinski definition) is 2. The molecule has 0 saturated heterocycles. The lowest BCUT2D eigenvalue weighted by atomic mass is 10.2. The van der Waals surface area contributed by atoms with Gasteiger partial charge in [0, 0.05) is 29.6 Å². The van der Waals surface area contributed by atoms with Gasteiger partial charge in [0.25, 0.3) is 5.91 Å². The minimum atomic E-state index is -0.574. The third-order valence-electron chi connectivity index (χ3n) is 3.82. The molecule has 0 aliphatic heterocycles. The lowest BCUT2D eigenvalue weighted by Crippen LogP contribution is -2.27. The highest BCUT2D eigenvalue weighted by molar-refractivity contribution is 5.95. The zero-order chi connectivity index (χ0) is 21.3. The van der Waals surface area contributed by atoms with Crippen molar-refractivity contribution in [2.45, 2.75) is 52.7 Å². The normalized spacial score (nSPS) is 10.9. The van der Waals surface area contributed by atoms with Crippen LogP contribution in [0.4, 0.5) is 10.5 Å². The predicted octanol–water partition coefficient (Wildman–Crippen LogP) is 4.54. The molecule has 2 aromatic rings. The Labute approximate surface area is 171 Å². The lowest BCUT2D eigenvalue weighted by Gasteiger charge is -2.19. The van der Waals surface area contributed by atoms with Crippen LogP contribution in [0.15, 0.2) is 42.6 Å². The molecule has 29 heavy (non-hydrogen) atoms. The van der Waals surface area contributed by atoms with E-state index in [1.807, 2.05) is 12.1 Å². The van der Waals surface area contributed by atoms with Crippen LogP contribution in [0.3, 0.4) is 0 Å². The van der Waals surface area contributed by atoms with Gasteiger partial charge < -0.3 is 14.8 Å². The fourth-order valence-corrected chi connectivity index (χ4v) is 2.41. The number of nitrogens with zero attached hydrogens (tertiary/aromatic N) is 1. The molecule has 0 saturated carbocycles. The summed E-state index contributed by atoms with van der Waals surface area (Å²) in [7, 11) is 0. The Morgan fingerprint density at radius 3 is 2.48 bits per heavy atom. The van der Waals surface area contributed by atoms with Gasteiger partial charge in [0.15, 0.2) is 0 Å². The van der Waals surface area contributed by atoms with Gasteiger partial charge in [-0.15, -0.1) is 0 Å². The van der Waals surface area contributed by atoms with Crippen molar-refractivity contribution < 1.29 is 19.1 Å². The molecule has 1 aromatic heterocycles. The van der Waals surface area contributed by atoms with Gasteiger partial charge in [0.1, 0.15) is 5.60 Å². The van der Waals surface area contributed by atoms with Crippen molar-refractivity contribution in [3.05, 3.63) is 53.7 Å². The van der Waals surface area contributed by atoms with E-state index in [9.17, 15) is 9.59 Å². The molecule has 0 radical (unpaired) electrons. The van der Waals surface area contributed by atoms with Crippen molar-refractivity contribution in [1.82, 2.24) is 10.3 Å². The standard InChI is InChI=1S/C22H29N3O4/c1-5-6-14-28-20-17(8-7-13-23-20)15-24-19(26)16-9-11-18(12-10-16)25-21(27)29-22(2,3)4/h7-13H,5-6,14-15H2,1-4H3,(H,24,26)(H,25,27). The molecule has 2 rings (SSSR count). The number of nitrogens with one attached hydrogen (secondary N) is 2. The fraction of sp³-hybridized carbons (Fsp3) is 0.409. The number of aromatic nitrogens is 1. The second-order valence-electron chi connectivity index (χ2n) is 7.56. The van der Waals surface area contributed by atoms with Crippen molar-refractivity contribution >= 4 is 17.7 Å². The van der Waals surface area contributed by atoms with Gasteiger partial charge >= 0.3 is 6.09 Å². The van der Waals surface area contributed by atoms with E-state index in [-0.39, 0.29) is 5.91 Å². The van der Waals surface area contributed by atoms with E-state index >= 15 is 0 Å². The molecular formula is C22H29N3O4. The molecule has 1 heterocycles. The maximum absolute atomic E-state index is 12.4. The molecule has 0 bridgehead atoms. The summed E-state index contributed by atoms with van der Waals surface area (Å²) in [4.78, 5) is 28.5. The van der Waals surface area contributed by atoms with Crippen LogP contribution in [0.25, 0.3) is 0 Å². The van der Waals surface area contributed by atoms with E-state index in [1.165, 1.54) is 0 Å². The van der Waals surface area contributed by atoms with Crippen LogP contribution < -0.4 is 15.4 Å². The lowest BCUT2D eigenvalue weighted by molar-refractivity contribution is 0.0635. The van der Waals surface area contributed by atoms with E-state index in [0.717, 1.165) is 18.4 Å². The topological polar surface area (TPSA) is 89.5 Å². The summed E-state index contributed by atoms with van der Waals surface area (Å²) < 4.78 is 10.9. The number of unbranched alkanes of at least 4 members (excludes halogenated alkanes) is 1. The number of pyridine rings is 1. The summed E-state index contributed by atoms with van der Waals surface area (Å²) >= 11 is 0. The predicted molar refractivity (Wildman–Crippen MR) is 112 cm³/mol. The average Bonchev–Trinajstić information content (AvgIpc) is 2.66. The molecule has 2 N–H and O–H groups in total. The van der Waals surface area contributed by atoms with Crippen LogP contribution in [-0.4, -0.2) is 29.2 Å². The van der Waals surface area contributed by atoms with Gasteiger partial charge in [-0.2, -0.15) is 0 Å². The SMILES string of the molecule is CCCCOc1ncccc1CNC(=O)c1ccc(NC(=O)OC(C)(C)C)cc1. The van der Waals surface area contributed by atoms with Crippen LogP contribution in [0, 0.1) is 0 Å². The molecule has 0 atom stereocenters. The van der Waals surface area contributed by atoms with Crippen LogP contribution in [0.2, 0.25) is 0 Å². The number of carbonyl (C=O) groups excluding carboxylic acids is 2. The van der Waals surface area contributed by atoms with Gasteiger partial charge in [0.05, 0.1) is 6.61 Å². The van der Waals surface area contributed by atoms with E-state index in [0.29, 0.717) is 30.3 Å². The molecule has 0 fully saturated rings. The number of hydrogen-bond acceptors (Lipinski definition) is 5. The van der Waals surface area contributed by atoms with Gasteiger partial charge in [0.2, 0.25) is 5.88 Å². The Hall–Kier alpha value is -3.09. The first kappa shape index (κ1) is 22.2. The summed E-state index contributed by atoms with van der Waals surface area (Å²) in [5, 5.41) is 5.50. The Kier molecular flexibility index (Phi) is 8.00. The summed E-state index contributed by atoms with van der Waals surface area (Å²) in [6.07, 6.45) is 3.12. The van der Waals surface area contributed by atoms with Gasteiger partial charge in [-0.25, -0.2) is 9.78 Å². The summed E-state index contributed by atoms with van der Waals surface area (Å²) in [5.74, 6) is 0.315. The minimum absolute atomic E-state index is 0.225. The Morgan fingerprint density at radius 2 is 1.83 bits per heavy atom. The van der Waals surface area contributed by atoms with Gasteiger partial charge in [-0.1, -0.05) is 19.4 Å². The number of benzene rings is 1. The molecule has 156 valence electrons. The third-order valence-corrected chi connectivity index (χ3v) is 3.82. The van der Waals surface area contributed by atoms with Gasteiger partial charge in [-0.3, -0.25) is 10.1 Å². The van der Waals surface area contributed by atoms with Crippen molar-refractivity contribution in [2.75, 3.05) is 11.9 Å². The van der Waals surface area contributed by atoms with Crippen molar-refractivity contribution in [2.24, 2.45) is 0 Å². The van der Waals surface area contributed by atoms with Crippen LogP contribution in [-0.2, 0) is 11.3 Å². The van der Waals surface area contributed by atoms with Crippen LogP contribution in [0.1, 0.15) is 56.5 Å². The van der Waals surface area contributed by atoms with Crippen molar-refractivity contribution in [3.63, 3.8) is 0 Å². The fourth-order valence-electron chi connectivity index (χ4n) is 2.41. The van der Waals surface area contributed by atoms with E-state index in [2.05, 4.69) is 22.5 Å². The number of ether oxygens (including phenoxy) is 2.